The molecule has 2 aromatic rings. The molecule has 130 valence electrons. The molecule has 0 radical (unpaired) electrons. The van der Waals surface area contributed by atoms with Crippen LogP contribution in [0.15, 0.2) is 35.3 Å². The van der Waals surface area contributed by atoms with Gasteiger partial charge in [-0.2, -0.15) is 0 Å². The number of hydrogen-bond donors (Lipinski definition) is 2. The molecule has 0 unspecified atom stereocenters. The third kappa shape index (κ3) is 4.01. The van der Waals surface area contributed by atoms with Gasteiger partial charge in [0.25, 0.3) is 17.2 Å². The van der Waals surface area contributed by atoms with E-state index in [1.807, 2.05) is 0 Å². The first-order valence-corrected chi connectivity index (χ1v) is 7.32. The van der Waals surface area contributed by atoms with Crippen molar-refractivity contribution in [3.8, 4) is 0 Å². The van der Waals surface area contributed by atoms with Crippen LogP contribution in [-0.4, -0.2) is 21.3 Å². The number of carbonyl (C=O) groups excluding carboxylic acids is 2. The Labute approximate surface area is 146 Å². The van der Waals surface area contributed by atoms with Gasteiger partial charge in [-0.3, -0.25) is 29.1 Å². The quantitative estimate of drug-likeness (QED) is 0.611. The van der Waals surface area contributed by atoms with Crippen molar-refractivity contribution in [3.05, 3.63) is 67.1 Å². The third-order valence-corrected chi connectivity index (χ3v) is 3.81. The summed E-state index contributed by atoms with van der Waals surface area (Å²) < 4.78 is 0.757. The molecule has 10 heteroatoms. The zero-order valence-electron chi connectivity index (χ0n) is 13.0. The van der Waals surface area contributed by atoms with Crippen LogP contribution in [-0.2, 0) is 11.3 Å². The second kappa shape index (κ2) is 7.14. The molecule has 1 aromatic carbocycles. The SMILES string of the molecule is Cc1c(Cl)cccc1NC(=O)Cn1cc([N+](=O)[O-])cc(C(N)=O)c1=O. The average molecular weight is 365 g/mol. The fourth-order valence-corrected chi connectivity index (χ4v) is 2.28. The Morgan fingerprint density at radius 1 is 1.40 bits per heavy atom. The number of rotatable bonds is 5. The van der Waals surface area contributed by atoms with E-state index in [0.717, 1.165) is 16.8 Å². The summed E-state index contributed by atoms with van der Waals surface area (Å²) in [6.07, 6.45) is 0.874. The number of pyridine rings is 1. The van der Waals surface area contributed by atoms with Crippen LogP contribution in [0, 0.1) is 17.0 Å². The number of amides is 2. The zero-order chi connectivity index (χ0) is 18.7. The molecule has 2 amide bonds. The van der Waals surface area contributed by atoms with E-state index in [-0.39, 0.29) is 0 Å². The highest BCUT2D eigenvalue weighted by Gasteiger charge is 2.19. The Bertz CT molecular complexity index is 938. The Hall–Kier alpha value is -3.20. The molecule has 0 saturated heterocycles. The van der Waals surface area contributed by atoms with Crippen LogP contribution < -0.4 is 16.6 Å². The van der Waals surface area contributed by atoms with Crippen LogP contribution in [0.4, 0.5) is 11.4 Å². The fourth-order valence-electron chi connectivity index (χ4n) is 2.10. The summed E-state index contributed by atoms with van der Waals surface area (Å²) >= 11 is 5.96. The van der Waals surface area contributed by atoms with Crippen LogP contribution in [0.25, 0.3) is 0 Å². The highest BCUT2D eigenvalue weighted by molar-refractivity contribution is 6.31. The van der Waals surface area contributed by atoms with Crippen molar-refractivity contribution in [2.45, 2.75) is 13.5 Å². The lowest BCUT2D eigenvalue weighted by Gasteiger charge is -2.11. The number of benzene rings is 1. The number of nitrogens with one attached hydrogen (secondary N) is 1. The summed E-state index contributed by atoms with van der Waals surface area (Å²) in [6, 6.07) is 5.68. The molecule has 0 spiro atoms. The first kappa shape index (κ1) is 18.1. The second-order valence-electron chi connectivity index (χ2n) is 5.13. The van der Waals surface area contributed by atoms with Gasteiger partial charge in [0.2, 0.25) is 5.91 Å². The van der Waals surface area contributed by atoms with Crippen molar-refractivity contribution in [3.63, 3.8) is 0 Å². The molecule has 0 bridgehead atoms. The van der Waals surface area contributed by atoms with E-state index in [1.165, 1.54) is 0 Å². The number of nitrogens with zero attached hydrogens (tertiary/aromatic N) is 2. The number of nitrogens with two attached hydrogens (primary N) is 1. The number of anilines is 1. The maximum Gasteiger partial charge on any atom is 0.286 e. The minimum Gasteiger partial charge on any atom is -0.365 e. The van der Waals surface area contributed by atoms with Gasteiger partial charge in [-0.1, -0.05) is 17.7 Å². The van der Waals surface area contributed by atoms with Gasteiger partial charge < -0.3 is 11.1 Å². The molecule has 0 atom stereocenters. The fraction of sp³-hybridized carbons (Fsp3) is 0.133. The molecule has 0 saturated carbocycles. The maximum atomic E-state index is 12.2. The van der Waals surface area contributed by atoms with E-state index in [0.29, 0.717) is 16.3 Å². The zero-order valence-corrected chi connectivity index (χ0v) is 13.7. The lowest BCUT2D eigenvalue weighted by Crippen LogP contribution is -2.33. The molecule has 0 aliphatic rings. The van der Waals surface area contributed by atoms with Gasteiger partial charge in [-0.25, -0.2) is 0 Å². The number of primary amides is 1. The lowest BCUT2D eigenvalue weighted by atomic mass is 10.2. The summed E-state index contributed by atoms with van der Waals surface area (Å²) in [7, 11) is 0. The molecule has 1 heterocycles. The van der Waals surface area contributed by atoms with E-state index in [2.05, 4.69) is 5.32 Å². The van der Waals surface area contributed by atoms with Crippen molar-refractivity contribution < 1.29 is 14.5 Å². The van der Waals surface area contributed by atoms with Crippen molar-refractivity contribution in [1.82, 2.24) is 4.57 Å². The van der Waals surface area contributed by atoms with Crippen molar-refractivity contribution in [2.75, 3.05) is 5.32 Å². The Morgan fingerprint density at radius 3 is 2.68 bits per heavy atom. The van der Waals surface area contributed by atoms with Crippen LogP contribution in [0.5, 0.6) is 0 Å². The van der Waals surface area contributed by atoms with Gasteiger partial charge >= 0.3 is 0 Å². The van der Waals surface area contributed by atoms with Gasteiger partial charge in [0, 0.05) is 16.8 Å². The first-order valence-electron chi connectivity index (χ1n) is 6.94. The van der Waals surface area contributed by atoms with Crippen molar-refractivity contribution in [1.29, 1.82) is 0 Å². The predicted octanol–water partition coefficient (Wildman–Crippen LogP) is 1.46. The van der Waals surface area contributed by atoms with E-state index >= 15 is 0 Å². The molecule has 25 heavy (non-hydrogen) atoms. The Kier molecular flexibility index (Phi) is 5.18. The highest BCUT2D eigenvalue weighted by Crippen LogP contribution is 2.22. The molecule has 0 aliphatic carbocycles. The molecule has 0 aliphatic heterocycles. The number of halogens is 1. The van der Waals surface area contributed by atoms with Crippen LogP contribution >= 0.6 is 11.6 Å². The number of carbonyl (C=O) groups is 2. The summed E-state index contributed by atoms with van der Waals surface area (Å²) in [5, 5.41) is 13.9. The van der Waals surface area contributed by atoms with E-state index in [9.17, 15) is 24.5 Å². The number of nitro groups is 1. The van der Waals surface area contributed by atoms with Crippen molar-refractivity contribution >= 4 is 34.8 Å². The highest BCUT2D eigenvalue weighted by atomic mass is 35.5. The minimum atomic E-state index is -1.12. The largest absolute Gasteiger partial charge is 0.365 e. The average Bonchev–Trinajstić information content (AvgIpc) is 2.53. The van der Waals surface area contributed by atoms with Gasteiger partial charge in [-0.15, -0.1) is 0 Å². The number of aromatic nitrogens is 1. The van der Waals surface area contributed by atoms with E-state index < -0.39 is 40.1 Å². The normalized spacial score (nSPS) is 10.3. The van der Waals surface area contributed by atoms with Gasteiger partial charge in [0.05, 0.1) is 11.1 Å². The Morgan fingerprint density at radius 2 is 2.08 bits per heavy atom. The van der Waals surface area contributed by atoms with Crippen LogP contribution in [0.3, 0.4) is 0 Å². The summed E-state index contributed by atoms with van der Waals surface area (Å²) in [4.78, 5) is 45.7. The van der Waals surface area contributed by atoms with Gasteiger partial charge in [0.15, 0.2) is 0 Å². The molecule has 9 nitrogen and oxygen atoms in total. The predicted molar refractivity (Wildman–Crippen MR) is 90.7 cm³/mol. The number of hydrogen-bond acceptors (Lipinski definition) is 5. The molecule has 1 aromatic heterocycles. The van der Waals surface area contributed by atoms with Crippen molar-refractivity contribution in [2.24, 2.45) is 5.73 Å². The molecule has 2 rings (SSSR count). The second-order valence-corrected chi connectivity index (χ2v) is 5.53. The summed E-state index contributed by atoms with van der Waals surface area (Å²) in [5.41, 5.74) is 4.13. The monoisotopic (exact) mass is 364 g/mol. The van der Waals surface area contributed by atoms with E-state index in [4.69, 9.17) is 17.3 Å². The summed E-state index contributed by atoms with van der Waals surface area (Å²) in [5.74, 6) is -1.74. The molecule has 3 N–H and O–H groups in total. The lowest BCUT2D eigenvalue weighted by molar-refractivity contribution is -0.385. The molecule has 0 fully saturated rings. The first-order chi connectivity index (χ1) is 11.7. The smallest absolute Gasteiger partial charge is 0.286 e. The Balaban J connectivity index is 2.34. The maximum absolute atomic E-state index is 12.2. The van der Waals surface area contributed by atoms with Crippen LogP contribution in [0.2, 0.25) is 5.02 Å². The summed E-state index contributed by atoms with van der Waals surface area (Å²) in [6.45, 7) is 1.16. The molecular formula is C15H13ClN4O5. The van der Waals surface area contributed by atoms with Gasteiger partial charge in [0.1, 0.15) is 12.1 Å². The topological polar surface area (TPSA) is 137 Å². The standard InChI is InChI=1S/C15H13ClN4O5/c1-8-11(16)3-2-4-12(8)18-13(21)7-19-6-9(20(24)25)5-10(14(17)22)15(19)23/h2-6H,7H2,1H3,(H2,17,22)(H,18,21). The van der Waals surface area contributed by atoms with E-state index in [1.54, 1.807) is 25.1 Å². The van der Waals surface area contributed by atoms with Crippen LogP contribution in [0.1, 0.15) is 15.9 Å². The van der Waals surface area contributed by atoms with Gasteiger partial charge in [-0.05, 0) is 24.6 Å². The third-order valence-electron chi connectivity index (χ3n) is 3.40. The molecular weight excluding hydrogens is 352 g/mol. The minimum absolute atomic E-state index is 0.436.